The molecule has 115 heavy (non-hydrogen) atoms. The van der Waals surface area contributed by atoms with Crippen LogP contribution in [0.1, 0.15) is 351 Å². The predicted molar refractivity (Wildman–Crippen MR) is 509 cm³/mol. The molecule has 5 aromatic rings. The fourth-order valence-electron chi connectivity index (χ4n) is 22.9. The summed E-state index contributed by atoms with van der Waals surface area (Å²) in [5.41, 5.74) is 14.8. The minimum atomic E-state index is 0. The van der Waals surface area contributed by atoms with Gasteiger partial charge < -0.3 is 0 Å². The fourth-order valence-corrected chi connectivity index (χ4v) is 23.6. The summed E-state index contributed by atoms with van der Waals surface area (Å²) in [6.07, 6.45) is 76.6. The van der Waals surface area contributed by atoms with Crippen molar-refractivity contribution < 1.29 is 23.5 Å². The number of rotatable bonds is 20. The first kappa shape index (κ1) is 100. The molecule has 5 aromatic carbocycles. The van der Waals surface area contributed by atoms with E-state index in [1.165, 1.54) is 317 Å². The molecule has 5 fully saturated rings. The summed E-state index contributed by atoms with van der Waals surface area (Å²) < 4.78 is 0. The van der Waals surface area contributed by atoms with E-state index in [4.69, 9.17) is 0 Å². The molecule has 0 amide bonds. The van der Waals surface area contributed by atoms with Crippen LogP contribution >= 0.6 is 63.1 Å². The van der Waals surface area contributed by atoms with E-state index in [-0.39, 0.29) is 23.5 Å². The number of hydrogen-bond acceptors (Lipinski definition) is 5. The van der Waals surface area contributed by atoms with Crippen LogP contribution in [0, 0.1) is 88.8 Å². The van der Waals surface area contributed by atoms with E-state index in [2.05, 4.69) is 249 Å². The van der Waals surface area contributed by atoms with Gasteiger partial charge in [0.2, 0.25) is 0 Å². The summed E-state index contributed by atoms with van der Waals surface area (Å²) in [4.78, 5) is 5.29. The fraction of sp³-hybridized carbons (Fsp3) is 0.619. The lowest BCUT2D eigenvalue weighted by Gasteiger charge is -2.35. The summed E-state index contributed by atoms with van der Waals surface area (Å²) in [6.45, 7) is 11.7. The largest absolute Gasteiger partial charge is 0.269 e. The third kappa shape index (κ3) is 31.9. The van der Waals surface area contributed by atoms with Crippen LogP contribution in [0.4, 0.5) is 23.5 Å². The maximum Gasteiger partial charge on any atom is 0.00403 e. The molecule has 0 aliphatic heterocycles. The van der Waals surface area contributed by atoms with Crippen molar-refractivity contribution in [3.8, 4) is 0 Å². The average Bonchev–Trinajstić information content (AvgIpc) is 0.854. The van der Waals surface area contributed by atoms with Crippen molar-refractivity contribution in [3.63, 3.8) is 0 Å². The summed E-state index contributed by atoms with van der Waals surface area (Å²) in [6, 6.07) is 43.4. The second-order valence-corrected chi connectivity index (χ2v) is 39.5. The Bertz CT molecular complexity index is 3040. The highest BCUT2D eigenvalue weighted by Gasteiger charge is 2.34. The maximum atomic E-state index is 4.38. The van der Waals surface area contributed by atoms with Gasteiger partial charge in [-0.1, -0.05) is 254 Å². The van der Waals surface area contributed by atoms with Crippen LogP contribution in [0.2, 0.25) is 0 Å². The topological polar surface area (TPSA) is 0 Å². The van der Waals surface area contributed by atoms with Crippen molar-refractivity contribution in [2.45, 2.75) is 348 Å². The Balaban J connectivity index is 0.000000221. The first-order valence-corrected chi connectivity index (χ1v) is 48.5. The van der Waals surface area contributed by atoms with Crippen LogP contribution < -0.4 is 0 Å². The molecule has 0 N–H and O–H groups in total. The zero-order chi connectivity index (χ0) is 76.8. The van der Waals surface area contributed by atoms with Crippen molar-refractivity contribution in [1.82, 2.24) is 0 Å². The number of hydrogen-bond donors (Lipinski definition) is 5. The first-order valence-electron chi connectivity index (χ1n) is 46.2. The van der Waals surface area contributed by atoms with Gasteiger partial charge in [-0.3, -0.25) is 23.5 Å². The molecular weight excluding hydrogens is 1520 g/mol. The van der Waals surface area contributed by atoms with E-state index in [0.717, 1.165) is 113 Å². The second kappa shape index (κ2) is 53.9. The molecule has 0 bridgehead atoms. The van der Waals surface area contributed by atoms with Crippen molar-refractivity contribution in [2.24, 2.45) is 88.8 Å². The monoisotopic (exact) mass is 1670 g/mol. The van der Waals surface area contributed by atoms with Crippen molar-refractivity contribution in [3.05, 3.63) is 180 Å². The third-order valence-electron chi connectivity index (χ3n) is 29.7. The standard InChI is InChI=1S/5C21H30S.5FH/c5*1-2-3-16-4-6-17(7-5-16)18-8-10-19(11-9-18)20-12-14-21(22)15-13-20;;;;;/h5*10,12-18,22H,2-9,11H2,1H3;5*1H. The normalized spacial score (nSPS) is 27.9. The highest BCUT2D eigenvalue weighted by molar-refractivity contribution is 7.81. The van der Waals surface area contributed by atoms with Crippen LogP contribution in [-0.4, -0.2) is 0 Å². The Morgan fingerprint density at radius 3 is 0.443 bits per heavy atom. The van der Waals surface area contributed by atoms with Crippen molar-refractivity contribution in [2.75, 3.05) is 0 Å². The Hall–Kier alpha value is -3.80. The van der Waals surface area contributed by atoms with Crippen molar-refractivity contribution >= 4 is 91.0 Å². The Kier molecular flexibility index (Phi) is 46.8. The molecule has 5 atom stereocenters. The van der Waals surface area contributed by atoms with E-state index in [0.29, 0.717) is 0 Å². The van der Waals surface area contributed by atoms with Gasteiger partial charge in [0.15, 0.2) is 0 Å². The molecule has 0 spiro atoms. The zero-order valence-electron chi connectivity index (χ0n) is 71.7. The summed E-state index contributed by atoms with van der Waals surface area (Å²) in [5.74, 6) is 15.0. The Morgan fingerprint density at radius 1 is 0.191 bits per heavy atom. The molecule has 0 saturated heterocycles. The van der Waals surface area contributed by atoms with Crippen LogP contribution in [-0.2, 0) is 0 Å². The van der Waals surface area contributed by atoms with Gasteiger partial charge >= 0.3 is 0 Å². The lowest BCUT2D eigenvalue weighted by Crippen LogP contribution is -2.23. The van der Waals surface area contributed by atoms with E-state index in [1.54, 1.807) is 27.9 Å². The molecule has 640 valence electrons. The lowest BCUT2D eigenvalue weighted by molar-refractivity contribution is 0.189. The Labute approximate surface area is 725 Å². The highest BCUT2D eigenvalue weighted by Crippen LogP contribution is 2.48. The first-order chi connectivity index (χ1) is 53.8. The molecule has 10 aliphatic carbocycles. The summed E-state index contributed by atoms with van der Waals surface area (Å²) >= 11 is 21.9. The molecule has 0 nitrogen and oxygen atoms in total. The van der Waals surface area contributed by atoms with E-state index >= 15 is 0 Å². The van der Waals surface area contributed by atoms with Gasteiger partial charge in [0.05, 0.1) is 0 Å². The minimum absolute atomic E-state index is 0. The third-order valence-corrected chi connectivity index (χ3v) is 31.2. The van der Waals surface area contributed by atoms with E-state index in [9.17, 15) is 0 Å². The van der Waals surface area contributed by atoms with Gasteiger partial charge in [-0.2, -0.15) is 0 Å². The lowest BCUT2D eigenvalue weighted by atomic mass is 9.70. The molecule has 10 heteroatoms. The average molecular weight is 1670 g/mol. The van der Waals surface area contributed by atoms with Crippen LogP contribution in [0.5, 0.6) is 0 Å². The highest BCUT2D eigenvalue weighted by atomic mass is 32.1. The minimum Gasteiger partial charge on any atom is -0.269 e. The summed E-state index contributed by atoms with van der Waals surface area (Å²) in [7, 11) is 0. The van der Waals surface area contributed by atoms with Gasteiger partial charge in [0.25, 0.3) is 0 Å². The number of thiol groups is 5. The van der Waals surface area contributed by atoms with Crippen molar-refractivity contribution in [1.29, 1.82) is 0 Å². The van der Waals surface area contributed by atoms with Gasteiger partial charge in [-0.05, 0) is 366 Å². The molecule has 0 aromatic heterocycles. The number of halogens is 5. The molecule has 10 aliphatic rings. The quantitative estimate of drug-likeness (QED) is 0.0372. The molecule has 5 unspecified atom stereocenters. The molecule has 0 radical (unpaired) electrons. The molecule has 15 rings (SSSR count). The molecular formula is C105H155F5S5. The van der Waals surface area contributed by atoms with Crippen LogP contribution in [0.15, 0.2) is 176 Å². The second-order valence-electron chi connectivity index (χ2n) is 36.9. The van der Waals surface area contributed by atoms with Crippen LogP contribution in [0.3, 0.4) is 0 Å². The van der Waals surface area contributed by atoms with E-state index < -0.39 is 0 Å². The summed E-state index contributed by atoms with van der Waals surface area (Å²) in [5, 5.41) is 0. The number of allylic oxidation sites excluding steroid dienone is 10. The Morgan fingerprint density at radius 2 is 0.330 bits per heavy atom. The smallest absolute Gasteiger partial charge is 0.00403 e. The SMILES string of the molecule is CCCC1CCC(C2CC=C(c3ccc(S)cc3)CC2)CC1.CCCC1CCC(C2CC=C(c3ccc(S)cc3)CC2)CC1.CCCC1CCC(C2CC=C(c3ccc(S)cc3)CC2)CC1.CCCC1CCC(C2CC=C(c3ccc(S)cc3)CC2)CC1.CCCC1CCC(C2CC=C(c3ccc(S)cc3)CC2)CC1.F.F.F.F.F. The van der Waals surface area contributed by atoms with Gasteiger partial charge in [0, 0.05) is 24.5 Å². The predicted octanol–water partition coefficient (Wildman–Crippen LogP) is 34.6. The molecule has 0 heterocycles. The number of benzene rings is 5. The maximum absolute atomic E-state index is 4.38. The van der Waals surface area contributed by atoms with E-state index in [1.807, 2.05) is 0 Å². The van der Waals surface area contributed by atoms with Gasteiger partial charge in [-0.15, -0.1) is 63.1 Å². The van der Waals surface area contributed by atoms with Crippen LogP contribution in [0.25, 0.3) is 27.9 Å². The van der Waals surface area contributed by atoms with Gasteiger partial charge in [-0.25, -0.2) is 0 Å². The zero-order valence-corrected chi connectivity index (χ0v) is 76.2. The van der Waals surface area contributed by atoms with Gasteiger partial charge in [0.1, 0.15) is 0 Å². The molecule has 5 saturated carbocycles.